The van der Waals surface area contributed by atoms with E-state index in [1.807, 2.05) is 17.0 Å². The van der Waals surface area contributed by atoms with Gasteiger partial charge in [-0.3, -0.25) is 4.79 Å². The van der Waals surface area contributed by atoms with E-state index in [4.69, 9.17) is 16.3 Å². The predicted molar refractivity (Wildman–Crippen MR) is 82.8 cm³/mol. The number of likely N-dealkylation sites (tertiary alicyclic amines) is 1. The van der Waals surface area contributed by atoms with Crippen LogP contribution in [-0.2, 0) is 11.2 Å². The molecule has 114 valence electrons. The number of carbonyl (C=O) groups excluding carboxylic acids is 1. The first-order valence-corrected chi connectivity index (χ1v) is 7.74. The predicted octanol–water partition coefficient (Wildman–Crippen LogP) is 2.05. The molecule has 0 aromatic heterocycles. The van der Waals surface area contributed by atoms with Gasteiger partial charge in [-0.1, -0.05) is 18.5 Å². The maximum absolute atomic E-state index is 12.7. The lowest BCUT2D eigenvalue weighted by Gasteiger charge is -2.23. The van der Waals surface area contributed by atoms with E-state index in [0.29, 0.717) is 23.4 Å². The number of carbonyl (C=O) groups is 1. The van der Waals surface area contributed by atoms with Gasteiger partial charge < -0.3 is 14.5 Å². The van der Waals surface area contributed by atoms with Gasteiger partial charge in [0.25, 0.3) is 5.91 Å². The number of likely N-dealkylation sites (N-methyl/N-ethyl adjacent to an activating group) is 1. The van der Waals surface area contributed by atoms with Crippen molar-refractivity contribution < 1.29 is 9.53 Å². The van der Waals surface area contributed by atoms with Crippen molar-refractivity contribution in [3.63, 3.8) is 0 Å². The molecule has 4 nitrogen and oxygen atoms in total. The van der Waals surface area contributed by atoms with Crippen LogP contribution in [0.15, 0.2) is 18.2 Å². The highest BCUT2D eigenvalue weighted by Gasteiger charge is 2.39. The summed E-state index contributed by atoms with van der Waals surface area (Å²) < 4.78 is 5.80. The van der Waals surface area contributed by atoms with Crippen LogP contribution in [0.4, 0.5) is 0 Å². The van der Waals surface area contributed by atoms with Crippen LogP contribution in [0.25, 0.3) is 0 Å². The second kappa shape index (κ2) is 5.50. The average Bonchev–Trinajstić information content (AvgIpc) is 3.00. The summed E-state index contributed by atoms with van der Waals surface area (Å²) in [6, 6.07) is 5.96. The molecule has 0 saturated carbocycles. The number of ether oxygens (including phenoxy) is 1. The van der Waals surface area contributed by atoms with Crippen molar-refractivity contribution in [2.75, 3.05) is 27.2 Å². The Balaban J connectivity index is 1.68. The van der Waals surface area contributed by atoms with Crippen LogP contribution >= 0.6 is 11.6 Å². The topological polar surface area (TPSA) is 32.8 Å². The highest BCUT2D eigenvalue weighted by Crippen LogP contribution is 2.32. The van der Waals surface area contributed by atoms with Gasteiger partial charge in [0.05, 0.1) is 0 Å². The number of hydrogen-bond donors (Lipinski definition) is 0. The normalized spacial score (nSPS) is 27.9. The molecule has 2 aliphatic heterocycles. The second-order valence-electron chi connectivity index (χ2n) is 6.31. The van der Waals surface area contributed by atoms with Crippen molar-refractivity contribution in [1.29, 1.82) is 0 Å². The average molecular weight is 309 g/mol. The van der Waals surface area contributed by atoms with Crippen molar-refractivity contribution >= 4 is 17.5 Å². The zero-order valence-electron chi connectivity index (χ0n) is 12.7. The molecular weight excluding hydrogens is 288 g/mol. The molecule has 2 heterocycles. The fourth-order valence-electron chi connectivity index (χ4n) is 3.36. The number of nitrogens with zero attached hydrogens (tertiary/aromatic N) is 2. The summed E-state index contributed by atoms with van der Waals surface area (Å²) in [5.74, 6) is 1.37. The van der Waals surface area contributed by atoms with Crippen LogP contribution in [0.3, 0.4) is 0 Å². The minimum Gasteiger partial charge on any atom is -0.480 e. The third kappa shape index (κ3) is 2.74. The van der Waals surface area contributed by atoms with Crippen LogP contribution in [0.1, 0.15) is 12.5 Å². The Morgan fingerprint density at radius 1 is 1.38 bits per heavy atom. The van der Waals surface area contributed by atoms with Crippen LogP contribution in [0, 0.1) is 5.92 Å². The molecule has 1 amide bonds. The fraction of sp³-hybridized carbons (Fsp3) is 0.562. The molecule has 0 spiro atoms. The van der Waals surface area contributed by atoms with Crippen molar-refractivity contribution in [1.82, 2.24) is 9.80 Å². The largest absolute Gasteiger partial charge is 0.480 e. The summed E-state index contributed by atoms with van der Waals surface area (Å²) in [5.41, 5.74) is 1.03. The number of benzene rings is 1. The third-order valence-electron chi connectivity index (χ3n) is 4.52. The number of amides is 1. The molecule has 3 atom stereocenters. The van der Waals surface area contributed by atoms with Crippen LogP contribution in [0.5, 0.6) is 5.75 Å². The smallest absolute Gasteiger partial charge is 0.264 e. The lowest BCUT2D eigenvalue weighted by Crippen LogP contribution is -2.41. The Morgan fingerprint density at radius 3 is 2.81 bits per heavy atom. The highest BCUT2D eigenvalue weighted by atomic mass is 35.5. The second-order valence-corrected chi connectivity index (χ2v) is 6.75. The Morgan fingerprint density at radius 2 is 2.14 bits per heavy atom. The first-order chi connectivity index (χ1) is 9.95. The van der Waals surface area contributed by atoms with Gasteiger partial charge in [0.1, 0.15) is 5.75 Å². The van der Waals surface area contributed by atoms with Gasteiger partial charge in [-0.25, -0.2) is 0 Å². The maximum Gasteiger partial charge on any atom is 0.264 e. The Bertz CT molecular complexity index is 561. The zero-order chi connectivity index (χ0) is 15.1. The van der Waals surface area contributed by atoms with E-state index >= 15 is 0 Å². The number of fused-ring (bicyclic) bond motifs is 1. The van der Waals surface area contributed by atoms with Crippen LogP contribution in [0.2, 0.25) is 5.02 Å². The van der Waals surface area contributed by atoms with Crippen molar-refractivity contribution in [3.05, 3.63) is 28.8 Å². The van der Waals surface area contributed by atoms with E-state index in [1.54, 1.807) is 6.07 Å². The minimum atomic E-state index is -0.397. The molecule has 21 heavy (non-hydrogen) atoms. The summed E-state index contributed by atoms with van der Waals surface area (Å²) in [7, 11) is 4.14. The van der Waals surface area contributed by atoms with Crippen LogP contribution < -0.4 is 4.74 Å². The molecular formula is C16H21ClN2O2. The van der Waals surface area contributed by atoms with E-state index in [1.165, 1.54) is 0 Å². The van der Waals surface area contributed by atoms with E-state index < -0.39 is 6.10 Å². The summed E-state index contributed by atoms with van der Waals surface area (Å²) in [6.45, 7) is 3.78. The van der Waals surface area contributed by atoms with Gasteiger partial charge >= 0.3 is 0 Å². The first-order valence-electron chi connectivity index (χ1n) is 7.36. The first kappa shape index (κ1) is 14.7. The molecule has 3 rings (SSSR count). The zero-order valence-corrected chi connectivity index (χ0v) is 13.4. The Hall–Kier alpha value is -1.26. The number of rotatable bonds is 2. The van der Waals surface area contributed by atoms with Crippen LogP contribution in [-0.4, -0.2) is 55.0 Å². The molecule has 0 N–H and O–H groups in total. The molecule has 1 aromatic carbocycles. The summed E-state index contributed by atoms with van der Waals surface area (Å²) in [4.78, 5) is 16.8. The minimum absolute atomic E-state index is 0.0959. The van der Waals surface area contributed by atoms with Crippen molar-refractivity contribution in [2.24, 2.45) is 5.92 Å². The van der Waals surface area contributed by atoms with E-state index in [0.717, 1.165) is 24.4 Å². The lowest BCUT2D eigenvalue weighted by molar-refractivity contribution is -0.137. The fourth-order valence-corrected chi connectivity index (χ4v) is 3.56. The number of halogens is 1. The molecule has 0 aliphatic carbocycles. The molecule has 1 fully saturated rings. The lowest BCUT2D eigenvalue weighted by atomic mass is 10.1. The summed E-state index contributed by atoms with van der Waals surface area (Å²) >= 11 is 5.99. The van der Waals surface area contributed by atoms with E-state index in [-0.39, 0.29) is 5.91 Å². The summed E-state index contributed by atoms with van der Waals surface area (Å²) in [5, 5.41) is 0.688. The van der Waals surface area contributed by atoms with Crippen molar-refractivity contribution in [3.8, 4) is 5.75 Å². The molecule has 0 radical (unpaired) electrons. The molecule has 1 saturated heterocycles. The third-order valence-corrected chi connectivity index (χ3v) is 4.76. The van der Waals surface area contributed by atoms with Gasteiger partial charge in [-0.15, -0.1) is 0 Å². The van der Waals surface area contributed by atoms with Gasteiger partial charge in [-0.05, 0) is 43.8 Å². The monoisotopic (exact) mass is 308 g/mol. The van der Waals surface area contributed by atoms with E-state index in [2.05, 4.69) is 25.9 Å². The summed E-state index contributed by atoms with van der Waals surface area (Å²) in [6.07, 6.45) is 0.221. The quantitative estimate of drug-likeness (QED) is 0.838. The Labute approximate surface area is 130 Å². The van der Waals surface area contributed by atoms with Gasteiger partial charge in [0.2, 0.25) is 0 Å². The van der Waals surface area contributed by atoms with Gasteiger partial charge in [-0.2, -0.15) is 0 Å². The maximum atomic E-state index is 12.7. The molecule has 1 aromatic rings. The molecule has 5 heteroatoms. The standard InChI is InChI=1S/C16H21ClN2O2/c1-10-8-19(9-13(10)18(2)3)16(20)15-7-11-6-12(17)4-5-14(11)21-15/h4-6,10,13,15H,7-9H2,1-3H3/t10-,13+,15-/m1/s1. The van der Waals surface area contributed by atoms with E-state index in [9.17, 15) is 4.79 Å². The Kier molecular flexibility index (Phi) is 3.84. The SMILES string of the molecule is C[C@@H]1CN(C(=O)[C@H]2Cc3cc(Cl)ccc3O2)C[C@@H]1N(C)C. The molecule has 0 unspecified atom stereocenters. The molecule has 2 aliphatic rings. The highest BCUT2D eigenvalue weighted by molar-refractivity contribution is 6.30. The molecule has 0 bridgehead atoms. The number of hydrogen-bond acceptors (Lipinski definition) is 3. The van der Waals surface area contributed by atoms with Crippen molar-refractivity contribution in [2.45, 2.75) is 25.5 Å². The van der Waals surface area contributed by atoms with Gasteiger partial charge in [0.15, 0.2) is 6.10 Å². The van der Waals surface area contributed by atoms with Gasteiger partial charge in [0, 0.05) is 30.6 Å².